The van der Waals surface area contributed by atoms with Gasteiger partial charge in [0.2, 0.25) is 5.13 Å². The van der Waals surface area contributed by atoms with Gasteiger partial charge in [-0.05, 0) is 30.3 Å². The number of carboxylic acid groups (broad SMARTS) is 1. The van der Waals surface area contributed by atoms with Gasteiger partial charge in [-0.3, -0.25) is 0 Å². The summed E-state index contributed by atoms with van der Waals surface area (Å²) in [6.07, 6.45) is -4.79. The molecule has 3 aromatic rings. The number of thiazole rings is 1. The number of benzene rings is 2. The van der Waals surface area contributed by atoms with Gasteiger partial charge >= 0.3 is 12.3 Å². The van der Waals surface area contributed by atoms with E-state index in [0.717, 1.165) is 29.5 Å². The first-order chi connectivity index (χ1) is 12.2. The molecule has 2 N–H and O–H groups in total. The molecule has 0 amide bonds. The van der Waals surface area contributed by atoms with Crippen molar-refractivity contribution in [2.45, 2.75) is 6.36 Å². The number of hydrogen-bond donors (Lipinski definition) is 2. The summed E-state index contributed by atoms with van der Waals surface area (Å²) < 4.78 is 41.0. The van der Waals surface area contributed by atoms with Crippen molar-refractivity contribution in [2.24, 2.45) is 10.2 Å². The van der Waals surface area contributed by atoms with Crippen LogP contribution < -0.4 is 4.74 Å². The third-order valence-corrected chi connectivity index (χ3v) is 3.95. The van der Waals surface area contributed by atoms with Crippen LogP contribution in [0.3, 0.4) is 0 Å². The highest BCUT2D eigenvalue weighted by atomic mass is 32.1. The molecule has 3 rings (SSSR count). The number of fused-ring (bicyclic) bond motifs is 1. The van der Waals surface area contributed by atoms with E-state index in [9.17, 15) is 23.1 Å². The van der Waals surface area contributed by atoms with Crippen LogP contribution in [0.25, 0.3) is 10.2 Å². The third-order valence-electron chi connectivity index (χ3n) is 3.04. The molecule has 2 aromatic carbocycles. The van der Waals surface area contributed by atoms with Crippen molar-refractivity contribution < 1.29 is 32.9 Å². The third kappa shape index (κ3) is 4.06. The lowest BCUT2D eigenvalue weighted by Crippen LogP contribution is -2.16. The van der Waals surface area contributed by atoms with Crippen molar-refractivity contribution in [3.8, 4) is 11.5 Å². The summed E-state index contributed by atoms with van der Waals surface area (Å²) in [6.45, 7) is 0. The lowest BCUT2D eigenvalue weighted by molar-refractivity contribution is -0.274. The van der Waals surface area contributed by atoms with Crippen LogP contribution in [0.4, 0.5) is 24.0 Å². The van der Waals surface area contributed by atoms with Gasteiger partial charge in [0.1, 0.15) is 17.1 Å². The molecule has 11 heteroatoms. The minimum atomic E-state index is -4.79. The van der Waals surface area contributed by atoms with E-state index in [4.69, 9.17) is 5.11 Å². The molecule has 0 bridgehead atoms. The van der Waals surface area contributed by atoms with Crippen molar-refractivity contribution >= 4 is 38.3 Å². The Kier molecular flexibility index (Phi) is 4.47. The molecule has 1 heterocycles. The molecular formula is C15H8F3N3O4S. The number of phenols is 1. The van der Waals surface area contributed by atoms with Crippen LogP contribution >= 0.6 is 11.3 Å². The first kappa shape index (κ1) is 17.6. The summed E-state index contributed by atoms with van der Waals surface area (Å²) in [5.41, 5.74) is 0.246. The standard InChI is InChI=1S/C15H8F3N3O4S/c16-15(17,18)25-8-2-3-10-12(6-8)26-14(19-10)21-20-7-1-4-11(22)9(5-7)13(23)24/h1-6,22H,(H,23,24). The maximum absolute atomic E-state index is 12.2. The zero-order valence-electron chi connectivity index (χ0n) is 12.6. The number of rotatable bonds is 4. The first-order valence-corrected chi connectivity index (χ1v) is 7.67. The summed E-state index contributed by atoms with van der Waals surface area (Å²) in [5.74, 6) is -2.10. The van der Waals surface area contributed by atoms with Gasteiger partial charge in [0.15, 0.2) is 0 Å². The normalized spacial score (nSPS) is 12.0. The van der Waals surface area contributed by atoms with E-state index in [1.807, 2.05) is 0 Å². The lowest BCUT2D eigenvalue weighted by atomic mass is 10.2. The number of carbonyl (C=O) groups is 1. The number of hydrogen-bond acceptors (Lipinski definition) is 7. The highest BCUT2D eigenvalue weighted by Crippen LogP contribution is 2.33. The van der Waals surface area contributed by atoms with Gasteiger partial charge in [-0.15, -0.1) is 23.4 Å². The van der Waals surface area contributed by atoms with Crippen molar-refractivity contribution in [3.05, 3.63) is 42.0 Å². The number of azo groups is 1. The van der Waals surface area contributed by atoms with Gasteiger partial charge < -0.3 is 14.9 Å². The smallest absolute Gasteiger partial charge is 0.507 e. The predicted molar refractivity (Wildman–Crippen MR) is 85.5 cm³/mol. The fraction of sp³-hybridized carbons (Fsp3) is 0.0667. The highest BCUT2D eigenvalue weighted by molar-refractivity contribution is 7.21. The average molecular weight is 383 g/mol. The maximum atomic E-state index is 12.2. The second-order valence-electron chi connectivity index (χ2n) is 4.88. The summed E-state index contributed by atoms with van der Waals surface area (Å²) in [6, 6.07) is 7.32. The summed E-state index contributed by atoms with van der Waals surface area (Å²) in [7, 11) is 0. The second kappa shape index (κ2) is 6.59. The Hall–Kier alpha value is -3.21. The van der Waals surface area contributed by atoms with Crippen LogP contribution in [0.5, 0.6) is 11.5 Å². The Balaban J connectivity index is 1.86. The van der Waals surface area contributed by atoms with E-state index in [-0.39, 0.29) is 22.1 Å². The van der Waals surface area contributed by atoms with Crippen LogP contribution in [0.15, 0.2) is 46.6 Å². The van der Waals surface area contributed by atoms with Crippen molar-refractivity contribution in [3.63, 3.8) is 0 Å². The van der Waals surface area contributed by atoms with Crippen molar-refractivity contribution in [1.82, 2.24) is 4.98 Å². The molecule has 26 heavy (non-hydrogen) atoms. The van der Waals surface area contributed by atoms with Crippen LogP contribution in [0.2, 0.25) is 0 Å². The van der Waals surface area contributed by atoms with E-state index in [0.29, 0.717) is 10.2 Å². The molecular weight excluding hydrogens is 375 g/mol. The van der Waals surface area contributed by atoms with Crippen LogP contribution in [-0.2, 0) is 0 Å². The SMILES string of the molecule is O=C(O)c1cc(N=Nc2nc3ccc(OC(F)(F)F)cc3s2)ccc1O. The fourth-order valence-electron chi connectivity index (χ4n) is 1.99. The van der Waals surface area contributed by atoms with Gasteiger partial charge in [0.25, 0.3) is 0 Å². The number of nitrogens with zero attached hydrogens (tertiary/aromatic N) is 3. The van der Waals surface area contributed by atoms with E-state index < -0.39 is 18.1 Å². The van der Waals surface area contributed by atoms with Gasteiger partial charge in [-0.2, -0.15) is 0 Å². The minimum absolute atomic E-state index is 0.161. The molecule has 0 spiro atoms. The Morgan fingerprint density at radius 3 is 2.62 bits per heavy atom. The van der Waals surface area contributed by atoms with Crippen molar-refractivity contribution in [2.75, 3.05) is 0 Å². The number of alkyl halides is 3. The molecule has 1 aromatic heterocycles. The van der Waals surface area contributed by atoms with Crippen LogP contribution in [0, 0.1) is 0 Å². The molecule has 0 saturated carbocycles. The lowest BCUT2D eigenvalue weighted by Gasteiger charge is -2.07. The zero-order chi connectivity index (χ0) is 18.9. The van der Waals surface area contributed by atoms with Gasteiger partial charge in [0, 0.05) is 6.07 Å². The summed E-state index contributed by atoms with van der Waals surface area (Å²) in [5, 5.41) is 26.2. The predicted octanol–water partition coefficient (Wildman–Crippen LogP) is 5.01. The van der Waals surface area contributed by atoms with Crippen LogP contribution in [-0.4, -0.2) is 27.5 Å². The Bertz CT molecular complexity index is 1020. The molecule has 0 fully saturated rings. The molecule has 7 nitrogen and oxygen atoms in total. The minimum Gasteiger partial charge on any atom is -0.507 e. The van der Waals surface area contributed by atoms with Crippen LogP contribution in [0.1, 0.15) is 10.4 Å². The molecule has 0 radical (unpaired) electrons. The number of halogens is 3. The topological polar surface area (TPSA) is 104 Å². The quantitative estimate of drug-likeness (QED) is 0.616. The maximum Gasteiger partial charge on any atom is 0.573 e. The number of aromatic nitrogens is 1. The first-order valence-electron chi connectivity index (χ1n) is 6.86. The fourth-order valence-corrected chi connectivity index (χ4v) is 2.81. The molecule has 0 aliphatic carbocycles. The Labute approximate surface area is 147 Å². The largest absolute Gasteiger partial charge is 0.573 e. The van der Waals surface area contributed by atoms with Gasteiger partial charge in [0.05, 0.1) is 15.9 Å². The molecule has 0 atom stereocenters. The monoisotopic (exact) mass is 383 g/mol. The average Bonchev–Trinajstić information content (AvgIpc) is 2.94. The number of aromatic carboxylic acids is 1. The zero-order valence-corrected chi connectivity index (χ0v) is 13.4. The van der Waals surface area contributed by atoms with E-state index in [1.165, 1.54) is 18.2 Å². The molecule has 0 saturated heterocycles. The van der Waals surface area contributed by atoms with Crippen molar-refractivity contribution in [1.29, 1.82) is 0 Å². The van der Waals surface area contributed by atoms with E-state index >= 15 is 0 Å². The number of ether oxygens (including phenoxy) is 1. The number of carboxylic acids is 1. The molecule has 0 unspecified atom stereocenters. The number of aromatic hydroxyl groups is 1. The Morgan fingerprint density at radius 1 is 1.15 bits per heavy atom. The Morgan fingerprint density at radius 2 is 1.92 bits per heavy atom. The molecule has 0 aliphatic heterocycles. The second-order valence-corrected chi connectivity index (χ2v) is 5.89. The van der Waals surface area contributed by atoms with E-state index in [1.54, 1.807) is 0 Å². The summed E-state index contributed by atoms with van der Waals surface area (Å²) in [4.78, 5) is 15.1. The van der Waals surface area contributed by atoms with Gasteiger partial charge in [-0.25, -0.2) is 9.78 Å². The summed E-state index contributed by atoms with van der Waals surface area (Å²) >= 11 is 0.986. The molecule has 0 aliphatic rings. The van der Waals surface area contributed by atoms with E-state index in [2.05, 4.69) is 19.9 Å². The molecule has 134 valence electrons. The van der Waals surface area contributed by atoms with Gasteiger partial charge in [-0.1, -0.05) is 11.3 Å². The highest BCUT2D eigenvalue weighted by Gasteiger charge is 2.31.